The van der Waals surface area contributed by atoms with Crippen molar-refractivity contribution in [1.82, 2.24) is 10.2 Å². The number of rotatable bonds is 6. The second-order valence-corrected chi connectivity index (χ2v) is 8.78. The number of anilines is 1. The summed E-state index contributed by atoms with van der Waals surface area (Å²) >= 11 is 0. The van der Waals surface area contributed by atoms with Gasteiger partial charge in [-0.3, -0.25) is 4.79 Å². The predicted octanol–water partition coefficient (Wildman–Crippen LogP) is 1.26. The summed E-state index contributed by atoms with van der Waals surface area (Å²) in [6.07, 6.45) is 1.49. The number of urea groups is 1. The molecule has 1 heterocycles. The third-order valence-electron chi connectivity index (χ3n) is 4.25. The zero-order valence-electron chi connectivity index (χ0n) is 14.6. The summed E-state index contributed by atoms with van der Waals surface area (Å²) in [4.78, 5) is 25.4. The number of carbonyl (C=O) groups is 2. The number of nitrogens with zero attached hydrogens (tertiary/aromatic N) is 1. The average Bonchev–Trinajstić information content (AvgIpc) is 2.91. The van der Waals surface area contributed by atoms with E-state index in [2.05, 4.69) is 10.6 Å². The fourth-order valence-corrected chi connectivity index (χ4v) is 4.62. The monoisotopic (exact) mass is 367 g/mol. The molecule has 2 N–H and O–H groups in total. The molecule has 1 fully saturated rings. The molecule has 1 aromatic rings. The molecule has 7 nitrogen and oxygen atoms in total. The number of hydrogen-bond donors (Lipinski definition) is 2. The van der Waals surface area contributed by atoms with E-state index in [1.165, 1.54) is 0 Å². The topological polar surface area (TPSA) is 95.6 Å². The molecule has 1 saturated heterocycles. The average molecular weight is 367 g/mol. The molecule has 8 heteroatoms. The molecule has 1 aliphatic heterocycles. The number of nitrogens with one attached hydrogen (secondary N) is 2. The van der Waals surface area contributed by atoms with Crippen LogP contribution in [0.5, 0.6) is 0 Å². The van der Waals surface area contributed by atoms with Crippen molar-refractivity contribution >= 4 is 27.5 Å². The number of hydrogen-bond acceptors (Lipinski definition) is 4. The third kappa shape index (κ3) is 6.04. The van der Waals surface area contributed by atoms with E-state index >= 15 is 0 Å². The SMILES string of the molecule is CN(C)C(=O)CCc1ccccc1NC(=O)NCC1CCS(=O)(=O)C1. The van der Waals surface area contributed by atoms with Gasteiger partial charge in [0.2, 0.25) is 5.91 Å². The van der Waals surface area contributed by atoms with Crippen LogP contribution in [0.15, 0.2) is 24.3 Å². The van der Waals surface area contributed by atoms with Crippen molar-refractivity contribution in [3.05, 3.63) is 29.8 Å². The first-order valence-electron chi connectivity index (χ1n) is 8.30. The molecule has 0 aliphatic carbocycles. The van der Waals surface area contributed by atoms with Gasteiger partial charge in [0.05, 0.1) is 11.5 Å². The number of para-hydroxylation sites is 1. The van der Waals surface area contributed by atoms with Gasteiger partial charge in [0.1, 0.15) is 0 Å². The second-order valence-electron chi connectivity index (χ2n) is 6.55. The summed E-state index contributed by atoms with van der Waals surface area (Å²) < 4.78 is 22.9. The Hall–Kier alpha value is -2.09. The molecule has 138 valence electrons. The fourth-order valence-electron chi connectivity index (χ4n) is 2.76. The fraction of sp³-hybridized carbons (Fsp3) is 0.529. The first kappa shape index (κ1) is 19.2. The van der Waals surface area contributed by atoms with Crippen LogP contribution in [0, 0.1) is 5.92 Å². The third-order valence-corrected chi connectivity index (χ3v) is 6.09. The Morgan fingerprint density at radius 1 is 1.24 bits per heavy atom. The summed E-state index contributed by atoms with van der Waals surface area (Å²) in [7, 11) is 0.484. The molecule has 1 atom stereocenters. The molecule has 0 saturated carbocycles. The minimum absolute atomic E-state index is 0.0243. The lowest BCUT2D eigenvalue weighted by atomic mass is 10.1. The summed E-state index contributed by atoms with van der Waals surface area (Å²) in [6, 6.07) is 6.98. The Labute approximate surface area is 148 Å². The van der Waals surface area contributed by atoms with Crippen molar-refractivity contribution in [3.8, 4) is 0 Å². The second kappa shape index (κ2) is 8.33. The van der Waals surface area contributed by atoms with Crippen LogP contribution >= 0.6 is 0 Å². The molecule has 1 unspecified atom stereocenters. The Kier molecular flexibility index (Phi) is 6.41. The maximum absolute atomic E-state index is 12.1. The minimum Gasteiger partial charge on any atom is -0.349 e. The van der Waals surface area contributed by atoms with Gasteiger partial charge < -0.3 is 15.5 Å². The number of benzene rings is 1. The highest BCUT2D eigenvalue weighted by Gasteiger charge is 2.27. The molecule has 3 amide bonds. The summed E-state index contributed by atoms with van der Waals surface area (Å²) in [5.41, 5.74) is 1.54. The van der Waals surface area contributed by atoms with E-state index in [-0.39, 0.29) is 29.4 Å². The molecule has 0 bridgehead atoms. The summed E-state index contributed by atoms with van der Waals surface area (Å²) in [5.74, 6) is 0.339. The predicted molar refractivity (Wildman–Crippen MR) is 97.2 cm³/mol. The van der Waals surface area contributed by atoms with Crippen LogP contribution in [0.4, 0.5) is 10.5 Å². The van der Waals surface area contributed by atoms with Crippen molar-refractivity contribution in [2.75, 3.05) is 37.5 Å². The van der Waals surface area contributed by atoms with E-state index < -0.39 is 9.84 Å². The maximum atomic E-state index is 12.1. The van der Waals surface area contributed by atoms with Crippen molar-refractivity contribution < 1.29 is 18.0 Å². The van der Waals surface area contributed by atoms with Gasteiger partial charge in [0, 0.05) is 32.7 Å². The van der Waals surface area contributed by atoms with Gasteiger partial charge in [0.25, 0.3) is 0 Å². The lowest BCUT2D eigenvalue weighted by Gasteiger charge is -2.14. The van der Waals surface area contributed by atoms with Gasteiger partial charge in [-0.15, -0.1) is 0 Å². The van der Waals surface area contributed by atoms with Crippen molar-refractivity contribution in [3.63, 3.8) is 0 Å². The van der Waals surface area contributed by atoms with Crippen molar-refractivity contribution in [2.45, 2.75) is 19.3 Å². The van der Waals surface area contributed by atoms with Gasteiger partial charge in [-0.1, -0.05) is 18.2 Å². The van der Waals surface area contributed by atoms with Crippen LogP contribution < -0.4 is 10.6 Å². The number of aryl methyl sites for hydroxylation is 1. The van der Waals surface area contributed by atoms with Gasteiger partial charge in [-0.25, -0.2) is 13.2 Å². The highest BCUT2D eigenvalue weighted by molar-refractivity contribution is 7.91. The van der Waals surface area contributed by atoms with Crippen LogP contribution in [0.2, 0.25) is 0 Å². The maximum Gasteiger partial charge on any atom is 0.319 e. The van der Waals surface area contributed by atoms with Crippen LogP contribution in [-0.4, -0.2) is 57.4 Å². The smallest absolute Gasteiger partial charge is 0.319 e. The van der Waals surface area contributed by atoms with Crippen molar-refractivity contribution in [2.24, 2.45) is 5.92 Å². The van der Waals surface area contributed by atoms with Crippen LogP contribution in [0.3, 0.4) is 0 Å². The summed E-state index contributed by atoms with van der Waals surface area (Å²) in [5, 5.41) is 5.52. The zero-order valence-corrected chi connectivity index (χ0v) is 15.4. The molecule has 2 rings (SSSR count). The molecule has 0 aromatic heterocycles. The first-order chi connectivity index (χ1) is 11.8. The first-order valence-corrected chi connectivity index (χ1v) is 10.1. The van der Waals surface area contributed by atoms with E-state index in [1.54, 1.807) is 25.1 Å². The highest BCUT2D eigenvalue weighted by atomic mass is 32.2. The van der Waals surface area contributed by atoms with E-state index in [9.17, 15) is 18.0 Å². The number of amides is 3. The van der Waals surface area contributed by atoms with Gasteiger partial charge in [-0.2, -0.15) is 0 Å². The van der Waals surface area contributed by atoms with Crippen LogP contribution in [-0.2, 0) is 21.1 Å². The Morgan fingerprint density at radius 2 is 1.96 bits per heavy atom. The largest absolute Gasteiger partial charge is 0.349 e. The highest BCUT2D eigenvalue weighted by Crippen LogP contribution is 2.19. The van der Waals surface area contributed by atoms with Crippen LogP contribution in [0.25, 0.3) is 0 Å². The van der Waals surface area contributed by atoms with Gasteiger partial charge >= 0.3 is 6.03 Å². The van der Waals surface area contributed by atoms with Gasteiger partial charge in [0.15, 0.2) is 9.84 Å². The normalized spacial score (nSPS) is 18.6. The van der Waals surface area contributed by atoms with E-state index in [1.807, 2.05) is 18.2 Å². The molecular weight excluding hydrogens is 342 g/mol. The van der Waals surface area contributed by atoms with Crippen molar-refractivity contribution in [1.29, 1.82) is 0 Å². The number of carbonyl (C=O) groups excluding carboxylic acids is 2. The Balaban J connectivity index is 1.87. The van der Waals surface area contributed by atoms with E-state index in [4.69, 9.17) is 0 Å². The molecule has 25 heavy (non-hydrogen) atoms. The van der Waals surface area contributed by atoms with E-state index in [0.717, 1.165) is 5.56 Å². The zero-order chi connectivity index (χ0) is 18.4. The number of sulfone groups is 1. The molecule has 0 radical (unpaired) electrons. The summed E-state index contributed by atoms with van der Waals surface area (Å²) in [6.45, 7) is 0.340. The lowest BCUT2D eigenvalue weighted by Crippen LogP contribution is -2.33. The molecule has 0 spiro atoms. The Bertz CT molecular complexity index is 731. The lowest BCUT2D eigenvalue weighted by molar-refractivity contribution is -0.128. The van der Waals surface area contributed by atoms with Crippen LogP contribution in [0.1, 0.15) is 18.4 Å². The Morgan fingerprint density at radius 3 is 2.60 bits per heavy atom. The standard InChI is InChI=1S/C17H25N3O4S/c1-20(2)16(21)8-7-14-5-3-4-6-15(14)19-17(22)18-11-13-9-10-25(23,24)12-13/h3-6,13H,7-12H2,1-2H3,(H2,18,19,22). The van der Waals surface area contributed by atoms with Gasteiger partial charge in [-0.05, 0) is 30.4 Å². The van der Waals surface area contributed by atoms with E-state index in [0.29, 0.717) is 31.5 Å². The molecule has 1 aromatic carbocycles. The minimum atomic E-state index is -2.94. The molecule has 1 aliphatic rings. The quantitative estimate of drug-likeness (QED) is 0.791. The molecular formula is C17H25N3O4S.